The Balaban J connectivity index is 2.09. The molecular weight excluding hydrogens is 210 g/mol. The molecule has 1 N–H and O–H groups in total. The van der Waals surface area contributed by atoms with Gasteiger partial charge in [-0.25, -0.2) is 0 Å². The van der Waals surface area contributed by atoms with Gasteiger partial charge in [0, 0.05) is 0 Å². The first kappa shape index (κ1) is 12.7. The summed E-state index contributed by atoms with van der Waals surface area (Å²) < 4.78 is 5.27. The van der Waals surface area contributed by atoms with Gasteiger partial charge in [0.05, 0.1) is 12.5 Å². The third kappa shape index (κ3) is 3.12. The molecule has 0 radical (unpaired) electrons. The largest absolute Gasteiger partial charge is 0.472 e. The summed E-state index contributed by atoms with van der Waals surface area (Å²) in [5.74, 6) is 1.43. The van der Waals surface area contributed by atoms with E-state index >= 15 is 0 Å². The van der Waals surface area contributed by atoms with E-state index in [9.17, 15) is 0 Å². The lowest BCUT2D eigenvalue weighted by Gasteiger charge is -2.40. The van der Waals surface area contributed by atoms with Crippen LogP contribution in [-0.4, -0.2) is 13.1 Å². The van der Waals surface area contributed by atoms with Crippen molar-refractivity contribution in [3.05, 3.63) is 24.2 Å². The first-order valence-corrected chi connectivity index (χ1v) is 6.85. The van der Waals surface area contributed by atoms with E-state index in [0.717, 1.165) is 19.0 Å². The van der Waals surface area contributed by atoms with E-state index in [2.05, 4.69) is 32.2 Å². The fourth-order valence-corrected chi connectivity index (χ4v) is 3.09. The monoisotopic (exact) mass is 235 g/mol. The highest BCUT2D eigenvalue weighted by molar-refractivity contribution is 5.16. The second kappa shape index (κ2) is 5.26. The smallest absolute Gasteiger partial charge is 0.0937 e. The zero-order valence-corrected chi connectivity index (χ0v) is 11.3. The summed E-state index contributed by atoms with van der Waals surface area (Å²) in [4.78, 5) is 0. The average molecular weight is 235 g/mol. The molecule has 1 heterocycles. The lowest BCUT2D eigenvalue weighted by atomic mass is 9.65. The Morgan fingerprint density at radius 1 is 1.47 bits per heavy atom. The molecule has 17 heavy (non-hydrogen) atoms. The van der Waals surface area contributed by atoms with Crippen molar-refractivity contribution in [3.63, 3.8) is 0 Å². The molecule has 1 aliphatic carbocycles. The van der Waals surface area contributed by atoms with E-state index in [-0.39, 0.29) is 0 Å². The summed E-state index contributed by atoms with van der Waals surface area (Å²) in [6, 6.07) is 2.14. The number of rotatable bonds is 4. The number of hydrogen-bond donors (Lipinski definition) is 1. The van der Waals surface area contributed by atoms with Crippen LogP contribution in [0, 0.1) is 11.3 Å². The van der Waals surface area contributed by atoms with Crippen molar-refractivity contribution < 1.29 is 4.42 Å². The third-order valence-corrected chi connectivity index (χ3v) is 4.16. The fraction of sp³-hybridized carbons (Fsp3) is 0.733. The molecule has 2 nitrogen and oxygen atoms in total. The molecule has 0 amide bonds. The molecule has 0 spiro atoms. The summed E-state index contributed by atoms with van der Waals surface area (Å²) in [6.45, 7) is 9.17. The molecule has 0 aliphatic heterocycles. The van der Waals surface area contributed by atoms with Crippen molar-refractivity contribution >= 4 is 0 Å². The van der Waals surface area contributed by atoms with Crippen LogP contribution in [0.3, 0.4) is 0 Å². The molecule has 2 rings (SSSR count). The summed E-state index contributed by atoms with van der Waals surface area (Å²) in [7, 11) is 0. The molecule has 2 unspecified atom stereocenters. The van der Waals surface area contributed by atoms with E-state index in [1.54, 1.807) is 6.26 Å². The fourth-order valence-electron chi connectivity index (χ4n) is 3.09. The zero-order valence-electron chi connectivity index (χ0n) is 11.3. The van der Waals surface area contributed by atoms with Crippen molar-refractivity contribution in [2.75, 3.05) is 13.1 Å². The van der Waals surface area contributed by atoms with E-state index < -0.39 is 0 Å². The second-order valence-electron chi connectivity index (χ2n) is 6.14. The lowest BCUT2D eigenvalue weighted by Crippen LogP contribution is -2.34. The molecule has 0 saturated heterocycles. The van der Waals surface area contributed by atoms with Crippen LogP contribution >= 0.6 is 0 Å². The van der Waals surface area contributed by atoms with Crippen LogP contribution in [0.25, 0.3) is 0 Å². The minimum Gasteiger partial charge on any atom is -0.472 e. The second-order valence-corrected chi connectivity index (χ2v) is 6.14. The minimum atomic E-state index is 0.477. The Hall–Kier alpha value is -0.760. The number of nitrogens with one attached hydrogen (secondary N) is 1. The van der Waals surface area contributed by atoms with E-state index in [1.165, 1.54) is 24.8 Å². The Morgan fingerprint density at radius 2 is 2.29 bits per heavy atom. The highest BCUT2D eigenvalue weighted by Crippen LogP contribution is 2.46. The van der Waals surface area contributed by atoms with Crippen LogP contribution in [0.5, 0.6) is 0 Å². The van der Waals surface area contributed by atoms with Crippen molar-refractivity contribution in [2.24, 2.45) is 11.3 Å². The maximum absolute atomic E-state index is 5.27. The van der Waals surface area contributed by atoms with Gasteiger partial charge in [-0.15, -0.1) is 0 Å². The average Bonchev–Trinajstić information content (AvgIpc) is 2.80. The lowest BCUT2D eigenvalue weighted by molar-refractivity contribution is 0.159. The molecule has 1 fully saturated rings. The predicted molar refractivity (Wildman–Crippen MR) is 71.1 cm³/mol. The van der Waals surface area contributed by atoms with E-state index in [0.29, 0.717) is 11.3 Å². The quantitative estimate of drug-likeness (QED) is 0.858. The van der Waals surface area contributed by atoms with Gasteiger partial charge in [0.1, 0.15) is 0 Å². The summed E-state index contributed by atoms with van der Waals surface area (Å²) >= 11 is 0. The summed E-state index contributed by atoms with van der Waals surface area (Å²) in [5.41, 5.74) is 1.87. The van der Waals surface area contributed by atoms with Gasteiger partial charge < -0.3 is 9.73 Å². The molecule has 1 aromatic heterocycles. The molecule has 1 aromatic rings. The number of furan rings is 1. The van der Waals surface area contributed by atoms with Gasteiger partial charge in [0.15, 0.2) is 0 Å². The topological polar surface area (TPSA) is 25.2 Å². The van der Waals surface area contributed by atoms with Gasteiger partial charge in [-0.05, 0) is 61.2 Å². The Bertz CT molecular complexity index is 329. The first-order chi connectivity index (χ1) is 8.12. The first-order valence-electron chi connectivity index (χ1n) is 6.85. The van der Waals surface area contributed by atoms with Gasteiger partial charge >= 0.3 is 0 Å². The van der Waals surface area contributed by atoms with Crippen LogP contribution < -0.4 is 5.32 Å². The van der Waals surface area contributed by atoms with Crippen molar-refractivity contribution in [2.45, 2.75) is 46.0 Å². The van der Waals surface area contributed by atoms with Gasteiger partial charge in [0.2, 0.25) is 0 Å². The third-order valence-electron chi connectivity index (χ3n) is 4.16. The molecule has 2 atom stereocenters. The van der Waals surface area contributed by atoms with Crippen molar-refractivity contribution in [1.82, 2.24) is 5.32 Å². The Morgan fingerprint density at radius 3 is 2.94 bits per heavy atom. The van der Waals surface area contributed by atoms with Gasteiger partial charge in [-0.1, -0.05) is 20.8 Å². The van der Waals surface area contributed by atoms with Crippen LogP contribution in [0.15, 0.2) is 23.0 Å². The minimum absolute atomic E-state index is 0.477. The zero-order chi connectivity index (χ0) is 12.3. The highest BCUT2D eigenvalue weighted by Gasteiger charge is 2.35. The Kier molecular flexibility index (Phi) is 3.93. The summed E-state index contributed by atoms with van der Waals surface area (Å²) in [6.07, 6.45) is 7.70. The van der Waals surface area contributed by atoms with Gasteiger partial charge in [-0.3, -0.25) is 0 Å². The maximum Gasteiger partial charge on any atom is 0.0937 e. The molecule has 2 heteroatoms. The maximum atomic E-state index is 5.27. The predicted octanol–water partition coefficient (Wildman–Crippen LogP) is 3.80. The molecule has 1 aliphatic rings. The van der Waals surface area contributed by atoms with Gasteiger partial charge in [0.25, 0.3) is 0 Å². The molecule has 0 aromatic carbocycles. The van der Waals surface area contributed by atoms with Crippen LogP contribution in [-0.2, 0) is 0 Å². The SMILES string of the molecule is CCNCC1CCC(C)(C)CC1c1ccoc1. The van der Waals surface area contributed by atoms with Gasteiger partial charge in [-0.2, -0.15) is 0 Å². The van der Waals surface area contributed by atoms with Crippen molar-refractivity contribution in [3.8, 4) is 0 Å². The Labute approximate surface area is 105 Å². The van der Waals surface area contributed by atoms with E-state index in [1.807, 2.05) is 6.26 Å². The molecule has 96 valence electrons. The standard InChI is InChI=1S/C15H25NO/c1-4-16-10-12-5-7-15(2,3)9-14(12)13-6-8-17-11-13/h6,8,11-12,14,16H,4-5,7,9-10H2,1-3H3. The van der Waals surface area contributed by atoms with Crippen molar-refractivity contribution in [1.29, 1.82) is 0 Å². The van der Waals surface area contributed by atoms with Crippen LogP contribution in [0.4, 0.5) is 0 Å². The highest BCUT2D eigenvalue weighted by atomic mass is 16.3. The van der Waals surface area contributed by atoms with Crippen LogP contribution in [0.2, 0.25) is 0 Å². The molecule has 1 saturated carbocycles. The van der Waals surface area contributed by atoms with Crippen LogP contribution in [0.1, 0.15) is 51.5 Å². The summed E-state index contributed by atoms with van der Waals surface area (Å²) in [5, 5.41) is 3.51. The number of hydrogen-bond acceptors (Lipinski definition) is 2. The van der Waals surface area contributed by atoms with E-state index in [4.69, 9.17) is 4.42 Å². The normalized spacial score (nSPS) is 28.2. The molecule has 0 bridgehead atoms. The molecular formula is C15H25NO.